The molecule has 0 unspecified atom stereocenters. The minimum absolute atomic E-state index is 0.173. The molecule has 1 amide bonds. The van der Waals surface area contributed by atoms with Gasteiger partial charge in [-0.05, 0) is 29.7 Å². The Morgan fingerprint density at radius 2 is 2.04 bits per heavy atom. The van der Waals surface area contributed by atoms with E-state index in [4.69, 9.17) is 0 Å². The van der Waals surface area contributed by atoms with Crippen molar-refractivity contribution in [1.29, 1.82) is 0 Å². The first-order valence-electron chi connectivity index (χ1n) is 7.80. The molecular formula is C17H19N5OS. The van der Waals surface area contributed by atoms with Crippen molar-refractivity contribution < 1.29 is 4.79 Å². The average molecular weight is 341 g/mol. The van der Waals surface area contributed by atoms with E-state index in [9.17, 15) is 4.79 Å². The van der Waals surface area contributed by atoms with Gasteiger partial charge in [0.1, 0.15) is 5.01 Å². The van der Waals surface area contributed by atoms with Gasteiger partial charge in [-0.15, -0.1) is 10.2 Å². The molecule has 24 heavy (non-hydrogen) atoms. The van der Waals surface area contributed by atoms with Gasteiger partial charge in [0.05, 0.1) is 6.54 Å². The molecule has 0 saturated heterocycles. The van der Waals surface area contributed by atoms with Crippen molar-refractivity contribution in [3.63, 3.8) is 0 Å². The minimum Gasteiger partial charge on any atom is -0.296 e. The Hall–Kier alpha value is -2.54. The Morgan fingerprint density at radius 3 is 2.71 bits per heavy atom. The van der Waals surface area contributed by atoms with E-state index in [0.717, 1.165) is 17.0 Å². The van der Waals surface area contributed by atoms with Crippen LogP contribution in [0.15, 0.2) is 42.7 Å². The van der Waals surface area contributed by atoms with Gasteiger partial charge in [0.25, 0.3) is 5.91 Å². The van der Waals surface area contributed by atoms with Gasteiger partial charge in [-0.25, -0.2) is 0 Å². The Kier molecular flexibility index (Phi) is 5.00. The summed E-state index contributed by atoms with van der Waals surface area (Å²) in [6, 6.07) is 9.37. The number of anilines is 1. The molecule has 1 aromatic carbocycles. The zero-order chi connectivity index (χ0) is 16.9. The number of nitrogens with zero attached hydrogens (tertiary/aromatic N) is 4. The van der Waals surface area contributed by atoms with E-state index in [1.807, 2.05) is 41.2 Å². The standard InChI is InChI=1S/C17H19N5OS/c1-12(2)10-15-20-21-17(24-15)19-16(23)14-6-4-13(5-7-14)11-22-9-3-8-18-22/h3-9,12H,10-11H2,1-2H3,(H,19,21,23). The monoisotopic (exact) mass is 341 g/mol. The Labute approximate surface area is 144 Å². The van der Waals surface area contributed by atoms with Crippen LogP contribution in [0.2, 0.25) is 0 Å². The van der Waals surface area contributed by atoms with Crippen molar-refractivity contribution in [2.45, 2.75) is 26.8 Å². The summed E-state index contributed by atoms with van der Waals surface area (Å²) in [5.74, 6) is 0.344. The van der Waals surface area contributed by atoms with E-state index in [2.05, 4.69) is 34.5 Å². The van der Waals surface area contributed by atoms with Crippen molar-refractivity contribution in [3.05, 3.63) is 58.9 Å². The molecule has 2 heterocycles. The van der Waals surface area contributed by atoms with E-state index in [0.29, 0.717) is 23.2 Å². The molecule has 0 aliphatic rings. The van der Waals surface area contributed by atoms with E-state index >= 15 is 0 Å². The molecular weight excluding hydrogens is 322 g/mol. The fourth-order valence-corrected chi connectivity index (χ4v) is 3.19. The first-order valence-corrected chi connectivity index (χ1v) is 8.62. The lowest BCUT2D eigenvalue weighted by atomic mass is 10.1. The normalized spacial score (nSPS) is 11.0. The van der Waals surface area contributed by atoms with Crippen molar-refractivity contribution in [1.82, 2.24) is 20.0 Å². The van der Waals surface area contributed by atoms with Crippen molar-refractivity contribution in [3.8, 4) is 0 Å². The first kappa shape index (κ1) is 16.3. The molecule has 3 rings (SSSR count). The van der Waals surface area contributed by atoms with Crippen LogP contribution >= 0.6 is 11.3 Å². The smallest absolute Gasteiger partial charge is 0.257 e. The predicted molar refractivity (Wildman–Crippen MR) is 94.2 cm³/mol. The summed E-state index contributed by atoms with van der Waals surface area (Å²) in [4.78, 5) is 12.3. The number of amides is 1. The number of carbonyl (C=O) groups is 1. The summed E-state index contributed by atoms with van der Waals surface area (Å²) in [5, 5.41) is 16.6. The van der Waals surface area contributed by atoms with Crippen LogP contribution in [0.5, 0.6) is 0 Å². The molecule has 124 valence electrons. The van der Waals surface area contributed by atoms with Crippen LogP contribution < -0.4 is 5.32 Å². The number of nitrogens with one attached hydrogen (secondary N) is 1. The maximum atomic E-state index is 12.3. The first-order chi connectivity index (χ1) is 11.6. The van der Waals surface area contributed by atoms with Gasteiger partial charge >= 0.3 is 0 Å². The van der Waals surface area contributed by atoms with Gasteiger partial charge in [-0.2, -0.15) is 5.10 Å². The second kappa shape index (κ2) is 7.35. The van der Waals surface area contributed by atoms with Crippen LogP contribution in [0, 0.1) is 5.92 Å². The fraction of sp³-hybridized carbons (Fsp3) is 0.294. The second-order valence-electron chi connectivity index (χ2n) is 5.95. The van der Waals surface area contributed by atoms with Crippen LogP contribution in [0.4, 0.5) is 5.13 Å². The summed E-state index contributed by atoms with van der Waals surface area (Å²) in [5.41, 5.74) is 1.69. The lowest BCUT2D eigenvalue weighted by Crippen LogP contribution is -2.11. The lowest BCUT2D eigenvalue weighted by molar-refractivity contribution is 0.102. The van der Waals surface area contributed by atoms with Gasteiger partial charge in [-0.3, -0.25) is 14.8 Å². The van der Waals surface area contributed by atoms with Crippen LogP contribution in [-0.4, -0.2) is 25.9 Å². The molecule has 6 nitrogen and oxygen atoms in total. The summed E-state index contributed by atoms with van der Waals surface area (Å²) >= 11 is 1.42. The fourth-order valence-electron chi connectivity index (χ4n) is 2.25. The summed E-state index contributed by atoms with van der Waals surface area (Å²) < 4.78 is 1.84. The third-order valence-corrected chi connectivity index (χ3v) is 4.25. The Morgan fingerprint density at radius 1 is 1.25 bits per heavy atom. The van der Waals surface area contributed by atoms with Crippen LogP contribution in [0.1, 0.15) is 34.8 Å². The molecule has 0 bridgehead atoms. The Bertz CT molecular complexity index is 793. The number of carbonyl (C=O) groups excluding carboxylic acids is 1. The van der Waals surface area contributed by atoms with Crippen LogP contribution in [-0.2, 0) is 13.0 Å². The highest BCUT2D eigenvalue weighted by atomic mass is 32.1. The van der Waals surface area contributed by atoms with Gasteiger partial charge in [-0.1, -0.05) is 37.3 Å². The molecule has 0 fully saturated rings. The maximum absolute atomic E-state index is 12.3. The van der Waals surface area contributed by atoms with E-state index in [1.54, 1.807) is 6.20 Å². The number of hydrogen-bond donors (Lipinski definition) is 1. The van der Waals surface area contributed by atoms with E-state index in [1.165, 1.54) is 11.3 Å². The Balaban J connectivity index is 1.61. The second-order valence-corrected chi connectivity index (χ2v) is 7.02. The van der Waals surface area contributed by atoms with Crippen molar-refractivity contribution in [2.24, 2.45) is 5.92 Å². The quantitative estimate of drug-likeness (QED) is 0.747. The highest BCUT2D eigenvalue weighted by Crippen LogP contribution is 2.19. The molecule has 0 spiro atoms. The van der Waals surface area contributed by atoms with Gasteiger partial charge in [0.15, 0.2) is 0 Å². The van der Waals surface area contributed by atoms with Crippen molar-refractivity contribution in [2.75, 3.05) is 5.32 Å². The van der Waals surface area contributed by atoms with Gasteiger partial charge in [0, 0.05) is 24.4 Å². The zero-order valence-corrected chi connectivity index (χ0v) is 14.5. The van der Waals surface area contributed by atoms with Gasteiger partial charge < -0.3 is 0 Å². The maximum Gasteiger partial charge on any atom is 0.257 e. The topological polar surface area (TPSA) is 72.7 Å². The zero-order valence-electron chi connectivity index (χ0n) is 13.6. The minimum atomic E-state index is -0.173. The third kappa shape index (κ3) is 4.26. The third-order valence-electron chi connectivity index (χ3n) is 3.39. The van der Waals surface area contributed by atoms with Crippen LogP contribution in [0.3, 0.4) is 0 Å². The van der Waals surface area contributed by atoms with Crippen molar-refractivity contribution >= 4 is 22.4 Å². The highest BCUT2D eigenvalue weighted by molar-refractivity contribution is 7.15. The SMILES string of the molecule is CC(C)Cc1nnc(NC(=O)c2ccc(Cn3cccn3)cc2)s1. The predicted octanol–water partition coefficient (Wildman–Crippen LogP) is 3.23. The number of aromatic nitrogens is 4. The highest BCUT2D eigenvalue weighted by Gasteiger charge is 2.11. The molecule has 0 radical (unpaired) electrons. The molecule has 3 aromatic rings. The molecule has 7 heteroatoms. The molecule has 2 aromatic heterocycles. The summed E-state index contributed by atoms with van der Waals surface area (Å²) in [7, 11) is 0. The molecule has 1 N–H and O–H groups in total. The van der Waals surface area contributed by atoms with E-state index in [-0.39, 0.29) is 5.91 Å². The largest absolute Gasteiger partial charge is 0.296 e. The summed E-state index contributed by atoms with van der Waals surface area (Å²) in [6.07, 6.45) is 4.53. The number of rotatable bonds is 6. The summed E-state index contributed by atoms with van der Waals surface area (Å²) in [6.45, 7) is 4.94. The number of hydrogen-bond acceptors (Lipinski definition) is 5. The van der Waals surface area contributed by atoms with E-state index < -0.39 is 0 Å². The van der Waals surface area contributed by atoms with Crippen LogP contribution in [0.25, 0.3) is 0 Å². The molecule has 0 aliphatic heterocycles. The molecule has 0 saturated carbocycles. The molecule has 0 aliphatic carbocycles. The average Bonchev–Trinajstić information content (AvgIpc) is 3.20. The van der Waals surface area contributed by atoms with Gasteiger partial charge in [0.2, 0.25) is 5.13 Å². The lowest BCUT2D eigenvalue weighted by Gasteiger charge is -2.04. The number of benzene rings is 1. The molecule has 0 atom stereocenters.